The van der Waals surface area contributed by atoms with Crippen molar-refractivity contribution in [3.8, 4) is 0 Å². The number of nitrogens with zero attached hydrogens (tertiary/aromatic N) is 2. The number of hydrogen-bond acceptors (Lipinski definition) is 3. The molecule has 1 aromatic heterocycles. The van der Waals surface area contributed by atoms with Gasteiger partial charge in [0.05, 0.1) is 21.6 Å². The molecule has 3 rings (SSSR count). The van der Waals surface area contributed by atoms with Crippen molar-refractivity contribution in [1.82, 2.24) is 9.13 Å². The molecule has 126 valence electrons. The highest BCUT2D eigenvalue weighted by Gasteiger charge is 2.17. The Kier molecular flexibility index (Phi) is 3.93. The maximum Gasteiger partial charge on any atom is 0.328 e. The Labute approximate surface area is 144 Å². The standard InChI is InChI=1S/C16H16ClN3O3S/c1-10-4-5-11(8-13(10)17)18-24(22,23)12-6-7-14-15(9-12)20(3)16(21)19(14)2/h4-9,18H,1-3H3. The van der Waals surface area contributed by atoms with E-state index in [4.69, 9.17) is 11.6 Å². The second-order valence-corrected chi connectivity index (χ2v) is 7.71. The van der Waals surface area contributed by atoms with E-state index >= 15 is 0 Å². The van der Waals surface area contributed by atoms with Crippen LogP contribution in [0.2, 0.25) is 5.02 Å². The van der Waals surface area contributed by atoms with Crippen molar-refractivity contribution in [2.75, 3.05) is 4.72 Å². The lowest BCUT2D eigenvalue weighted by atomic mass is 10.2. The fraction of sp³-hybridized carbons (Fsp3) is 0.188. The van der Waals surface area contributed by atoms with Crippen LogP contribution in [-0.2, 0) is 24.1 Å². The average molecular weight is 366 g/mol. The molecule has 3 aromatic rings. The third kappa shape index (κ3) is 2.70. The van der Waals surface area contributed by atoms with Gasteiger partial charge in [0.1, 0.15) is 0 Å². The summed E-state index contributed by atoms with van der Waals surface area (Å²) in [7, 11) is -0.538. The number of imidazole rings is 1. The van der Waals surface area contributed by atoms with Gasteiger partial charge in [0.25, 0.3) is 10.0 Å². The van der Waals surface area contributed by atoms with Gasteiger partial charge < -0.3 is 0 Å². The average Bonchev–Trinajstić information content (AvgIpc) is 2.75. The summed E-state index contributed by atoms with van der Waals surface area (Å²) in [5, 5.41) is 0.483. The van der Waals surface area contributed by atoms with Gasteiger partial charge in [-0.25, -0.2) is 13.2 Å². The van der Waals surface area contributed by atoms with Gasteiger partial charge >= 0.3 is 5.69 Å². The van der Waals surface area contributed by atoms with Crippen molar-refractivity contribution in [2.45, 2.75) is 11.8 Å². The van der Waals surface area contributed by atoms with Crippen LogP contribution in [-0.4, -0.2) is 17.6 Å². The zero-order chi connectivity index (χ0) is 17.6. The number of hydrogen-bond donors (Lipinski definition) is 1. The fourth-order valence-electron chi connectivity index (χ4n) is 2.52. The van der Waals surface area contributed by atoms with Gasteiger partial charge in [-0.15, -0.1) is 0 Å². The van der Waals surface area contributed by atoms with Crippen LogP contribution in [0.1, 0.15) is 5.56 Å². The zero-order valence-electron chi connectivity index (χ0n) is 13.4. The molecule has 0 aliphatic rings. The number of benzene rings is 2. The van der Waals surface area contributed by atoms with Crippen LogP contribution in [0.5, 0.6) is 0 Å². The predicted molar refractivity (Wildman–Crippen MR) is 95.2 cm³/mol. The Morgan fingerprint density at radius 3 is 2.33 bits per heavy atom. The third-order valence-electron chi connectivity index (χ3n) is 3.98. The number of fused-ring (bicyclic) bond motifs is 1. The molecule has 0 saturated carbocycles. The first kappa shape index (κ1) is 16.6. The molecule has 0 fully saturated rings. The molecule has 6 nitrogen and oxygen atoms in total. The number of rotatable bonds is 3. The zero-order valence-corrected chi connectivity index (χ0v) is 14.9. The van der Waals surface area contributed by atoms with Gasteiger partial charge in [0.15, 0.2) is 0 Å². The minimum Gasteiger partial charge on any atom is -0.295 e. The van der Waals surface area contributed by atoms with Crippen LogP contribution in [0.4, 0.5) is 5.69 Å². The summed E-state index contributed by atoms with van der Waals surface area (Å²) in [6.45, 7) is 1.84. The Hall–Kier alpha value is -2.25. The van der Waals surface area contributed by atoms with Gasteiger partial charge in [-0.05, 0) is 42.8 Å². The third-order valence-corrected chi connectivity index (χ3v) is 5.76. The van der Waals surface area contributed by atoms with E-state index in [1.807, 2.05) is 6.92 Å². The van der Waals surface area contributed by atoms with Gasteiger partial charge in [-0.2, -0.15) is 0 Å². The Bertz CT molecular complexity index is 1110. The molecule has 24 heavy (non-hydrogen) atoms. The van der Waals surface area contributed by atoms with Gasteiger partial charge in [0.2, 0.25) is 0 Å². The quantitative estimate of drug-likeness (QED) is 0.775. The monoisotopic (exact) mass is 365 g/mol. The van der Waals surface area contributed by atoms with Crippen molar-refractivity contribution in [3.05, 3.63) is 57.5 Å². The van der Waals surface area contributed by atoms with E-state index in [-0.39, 0.29) is 10.6 Å². The van der Waals surface area contributed by atoms with E-state index in [1.54, 1.807) is 38.4 Å². The van der Waals surface area contributed by atoms with E-state index in [2.05, 4.69) is 4.72 Å². The molecule has 0 spiro atoms. The second kappa shape index (κ2) is 5.68. The molecular formula is C16H16ClN3O3S. The van der Waals surface area contributed by atoms with Crippen molar-refractivity contribution in [3.63, 3.8) is 0 Å². The van der Waals surface area contributed by atoms with Crippen molar-refractivity contribution < 1.29 is 8.42 Å². The first-order valence-electron chi connectivity index (χ1n) is 7.15. The predicted octanol–water partition coefficient (Wildman–Crippen LogP) is 2.64. The molecule has 0 aliphatic heterocycles. The van der Waals surface area contributed by atoms with Gasteiger partial charge in [0, 0.05) is 19.1 Å². The molecule has 0 aliphatic carbocycles. The first-order chi connectivity index (χ1) is 11.2. The molecule has 2 aromatic carbocycles. The second-order valence-electron chi connectivity index (χ2n) is 5.62. The maximum absolute atomic E-state index is 12.6. The highest BCUT2D eigenvalue weighted by atomic mass is 35.5. The highest BCUT2D eigenvalue weighted by Crippen LogP contribution is 2.24. The summed E-state index contributed by atoms with van der Waals surface area (Å²) >= 11 is 6.03. The maximum atomic E-state index is 12.6. The van der Waals surface area contributed by atoms with E-state index in [1.165, 1.54) is 21.3 Å². The molecule has 8 heteroatoms. The number of aromatic nitrogens is 2. The lowest BCUT2D eigenvalue weighted by Crippen LogP contribution is -2.19. The normalized spacial score (nSPS) is 11.8. The topological polar surface area (TPSA) is 73.1 Å². The summed E-state index contributed by atoms with van der Waals surface area (Å²) in [5.74, 6) is 0. The van der Waals surface area contributed by atoms with E-state index in [0.29, 0.717) is 21.7 Å². The smallest absolute Gasteiger partial charge is 0.295 e. The Balaban J connectivity index is 2.06. The Morgan fingerprint density at radius 1 is 1.00 bits per heavy atom. The van der Waals surface area contributed by atoms with Gasteiger partial charge in [-0.3, -0.25) is 13.9 Å². The fourth-order valence-corrected chi connectivity index (χ4v) is 3.77. The SMILES string of the molecule is Cc1ccc(NS(=O)(=O)c2ccc3c(c2)n(C)c(=O)n3C)cc1Cl. The minimum absolute atomic E-state index is 0.0768. The molecule has 1 heterocycles. The summed E-state index contributed by atoms with van der Waals surface area (Å²) in [5.41, 5.74) is 2.25. The molecule has 0 atom stereocenters. The number of halogens is 1. The van der Waals surface area contributed by atoms with Crippen LogP contribution in [0.15, 0.2) is 46.1 Å². The molecular weight excluding hydrogens is 350 g/mol. The molecule has 1 N–H and O–H groups in total. The molecule has 0 amide bonds. The molecule has 0 saturated heterocycles. The van der Waals surface area contributed by atoms with Crippen LogP contribution in [0.3, 0.4) is 0 Å². The summed E-state index contributed by atoms with van der Waals surface area (Å²) in [6, 6.07) is 9.52. The van der Waals surface area contributed by atoms with Crippen molar-refractivity contribution in [2.24, 2.45) is 14.1 Å². The summed E-state index contributed by atoms with van der Waals surface area (Å²) in [6.07, 6.45) is 0. The van der Waals surface area contributed by atoms with Crippen molar-refractivity contribution in [1.29, 1.82) is 0 Å². The first-order valence-corrected chi connectivity index (χ1v) is 9.01. The van der Waals surface area contributed by atoms with Gasteiger partial charge in [-0.1, -0.05) is 17.7 Å². The number of anilines is 1. The van der Waals surface area contributed by atoms with Crippen LogP contribution < -0.4 is 10.4 Å². The lowest BCUT2D eigenvalue weighted by Gasteiger charge is -2.09. The van der Waals surface area contributed by atoms with E-state index in [9.17, 15) is 13.2 Å². The minimum atomic E-state index is -3.79. The van der Waals surface area contributed by atoms with Crippen LogP contribution in [0, 0.1) is 6.92 Å². The largest absolute Gasteiger partial charge is 0.328 e. The highest BCUT2D eigenvalue weighted by molar-refractivity contribution is 7.92. The molecule has 0 bridgehead atoms. The summed E-state index contributed by atoms with van der Waals surface area (Å²) < 4.78 is 30.6. The number of aryl methyl sites for hydroxylation is 3. The Morgan fingerprint density at radius 2 is 1.67 bits per heavy atom. The number of nitrogens with one attached hydrogen (secondary N) is 1. The van der Waals surface area contributed by atoms with Crippen molar-refractivity contribution >= 4 is 38.3 Å². The summed E-state index contributed by atoms with van der Waals surface area (Å²) in [4.78, 5) is 12.0. The van der Waals surface area contributed by atoms with E-state index in [0.717, 1.165) is 5.56 Å². The van der Waals surface area contributed by atoms with Crippen LogP contribution >= 0.6 is 11.6 Å². The van der Waals surface area contributed by atoms with Crippen LogP contribution in [0.25, 0.3) is 11.0 Å². The number of sulfonamides is 1. The molecule has 0 radical (unpaired) electrons. The lowest BCUT2D eigenvalue weighted by molar-refractivity contribution is 0.601. The molecule has 0 unspecified atom stereocenters. The van der Waals surface area contributed by atoms with E-state index < -0.39 is 10.0 Å².